The van der Waals surface area contributed by atoms with Crippen LogP contribution in [0.1, 0.15) is 24.0 Å². The maximum atomic E-state index is 12.4. The first-order chi connectivity index (χ1) is 15.6. The van der Waals surface area contributed by atoms with Gasteiger partial charge in [0.25, 0.3) is 0 Å². The molecule has 2 aromatic rings. The minimum absolute atomic E-state index is 0.0394. The van der Waals surface area contributed by atoms with Crippen LogP contribution in [0, 0.1) is 0 Å². The number of alkyl carbamates (subject to hydrolysis) is 1. The highest BCUT2D eigenvalue weighted by Gasteiger charge is 2.40. The van der Waals surface area contributed by atoms with Crippen LogP contribution in [0.4, 0.5) is 4.79 Å². The van der Waals surface area contributed by atoms with Crippen LogP contribution < -0.4 is 10.8 Å². The van der Waals surface area contributed by atoms with Gasteiger partial charge in [-0.2, -0.15) is 0 Å². The van der Waals surface area contributed by atoms with E-state index in [1.54, 1.807) is 11.0 Å². The zero-order valence-electron chi connectivity index (χ0n) is 17.8. The van der Waals surface area contributed by atoms with Gasteiger partial charge >= 0.3 is 6.09 Å². The van der Waals surface area contributed by atoms with Crippen molar-refractivity contribution in [3.05, 3.63) is 83.7 Å². The number of likely N-dealkylation sites (tertiary alicyclic amines) is 1. The van der Waals surface area contributed by atoms with E-state index in [1.807, 2.05) is 60.7 Å². The topological polar surface area (TPSA) is 89.1 Å². The summed E-state index contributed by atoms with van der Waals surface area (Å²) in [5.74, 6) is 0.226. The van der Waals surface area contributed by atoms with E-state index < -0.39 is 11.7 Å². The van der Waals surface area contributed by atoms with E-state index in [9.17, 15) is 9.59 Å². The Morgan fingerprint density at radius 2 is 1.66 bits per heavy atom. The molecule has 32 heavy (non-hydrogen) atoms. The minimum Gasteiger partial charge on any atom is -0.392 e. The number of ether oxygens (including phenoxy) is 2. The summed E-state index contributed by atoms with van der Waals surface area (Å²) in [6, 6.07) is 19.3. The highest BCUT2D eigenvalue weighted by atomic mass is 16.7. The van der Waals surface area contributed by atoms with Gasteiger partial charge in [0.15, 0.2) is 0 Å². The highest BCUT2D eigenvalue weighted by molar-refractivity contribution is 5.77. The number of amides is 2. The summed E-state index contributed by atoms with van der Waals surface area (Å²) in [6.45, 7) is 1.92. The third-order valence-electron chi connectivity index (χ3n) is 5.53. The Hall–Kier alpha value is -3.36. The van der Waals surface area contributed by atoms with E-state index in [-0.39, 0.29) is 18.4 Å². The van der Waals surface area contributed by atoms with Gasteiger partial charge in [-0.1, -0.05) is 60.7 Å². The number of nitrogens with zero attached hydrogens (tertiary/aromatic N) is 1. The standard InChI is InChI=1S/C24H27N3O5/c28-22(18-30-17-20-9-5-2-6-10-20)27-13-11-24(12-14-27)15-21(26-32-24)31-23(29)25-16-19-7-3-1-4-8-19/h1-10,15,26H,11-14,16-18H2,(H,25,29). The Bertz CT molecular complexity index is 941. The fourth-order valence-corrected chi connectivity index (χ4v) is 3.71. The number of carbonyl (C=O) groups is 2. The molecule has 1 saturated heterocycles. The number of carbonyl (C=O) groups excluding carboxylic acids is 2. The van der Waals surface area contributed by atoms with Crippen LogP contribution in [0.2, 0.25) is 0 Å². The first kappa shape index (κ1) is 21.9. The number of hydroxylamine groups is 1. The normalized spacial score (nSPS) is 16.9. The number of rotatable bonds is 7. The predicted molar refractivity (Wildman–Crippen MR) is 117 cm³/mol. The molecule has 168 valence electrons. The molecule has 0 radical (unpaired) electrons. The number of hydrogen-bond acceptors (Lipinski definition) is 6. The van der Waals surface area contributed by atoms with Gasteiger partial charge < -0.3 is 19.7 Å². The Morgan fingerprint density at radius 1 is 1.00 bits per heavy atom. The summed E-state index contributed by atoms with van der Waals surface area (Å²) in [6.07, 6.45) is 2.42. The van der Waals surface area contributed by atoms with E-state index >= 15 is 0 Å². The van der Waals surface area contributed by atoms with Crippen LogP contribution >= 0.6 is 0 Å². The maximum Gasteiger partial charge on any atom is 0.414 e. The van der Waals surface area contributed by atoms with E-state index in [4.69, 9.17) is 14.3 Å². The molecule has 2 aromatic carbocycles. The largest absolute Gasteiger partial charge is 0.414 e. The summed E-state index contributed by atoms with van der Waals surface area (Å²) >= 11 is 0. The molecule has 2 aliphatic rings. The Kier molecular flexibility index (Phi) is 7.03. The van der Waals surface area contributed by atoms with Crippen LogP contribution in [0.25, 0.3) is 0 Å². The Balaban J connectivity index is 1.19. The first-order valence-corrected chi connectivity index (χ1v) is 10.7. The summed E-state index contributed by atoms with van der Waals surface area (Å²) < 4.78 is 10.9. The Morgan fingerprint density at radius 3 is 2.34 bits per heavy atom. The smallest absolute Gasteiger partial charge is 0.392 e. The van der Waals surface area contributed by atoms with Crippen molar-refractivity contribution < 1.29 is 23.9 Å². The second kappa shape index (κ2) is 10.3. The van der Waals surface area contributed by atoms with Crippen molar-refractivity contribution in [2.24, 2.45) is 0 Å². The van der Waals surface area contributed by atoms with Gasteiger partial charge in [0.05, 0.1) is 6.61 Å². The zero-order chi connectivity index (χ0) is 22.2. The second-order valence-corrected chi connectivity index (χ2v) is 7.87. The molecule has 8 nitrogen and oxygen atoms in total. The van der Waals surface area contributed by atoms with Crippen molar-refractivity contribution in [3.63, 3.8) is 0 Å². The molecule has 2 amide bonds. The molecule has 0 saturated carbocycles. The van der Waals surface area contributed by atoms with Gasteiger partial charge in [-0.05, 0) is 11.1 Å². The number of nitrogens with one attached hydrogen (secondary N) is 2. The third-order valence-corrected chi connectivity index (χ3v) is 5.53. The fraction of sp³-hybridized carbons (Fsp3) is 0.333. The summed E-state index contributed by atoms with van der Waals surface area (Å²) in [7, 11) is 0. The molecule has 0 aromatic heterocycles. The summed E-state index contributed by atoms with van der Waals surface area (Å²) in [5.41, 5.74) is 4.12. The van der Waals surface area contributed by atoms with E-state index in [2.05, 4.69) is 10.8 Å². The first-order valence-electron chi connectivity index (χ1n) is 10.7. The predicted octanol–water partition coefficient (Wildman–Crippen LogP) is 2.87. The molecule has 0 bridgehead atoms. The van der Waals surface area contributed by atoms with Crippen LogP contribution in [0.3, 0.4) is 0 Å². The fourth-order valence-electron chi connectivity index (χ4n) is 3.71. The van der Waals surface area contributed by atoms with Crippen LogP contribution in [-0.2, 0) is 32.3 Å². The van der Waals surface area contributed by atoms with Gasteiger partial charge in [-0.25, -0.2) is 10.3 Å². The lowest BCUT2D eigenvalue weighted by Gasteiger charge is -2.36. The molecular formula is C24H27N3O5. The van der Waals surface area contributed by atoms with Crippen molar-refractivity contribution in [1.29, 1.82) is 0 Å². The monoisotopic (exact) mass is 437 g/mol. The lowest BCUT2D eigenvalue weighted by atomic mass is 9.91. The molecule has 8 heteroatoms. The molecule has 0 aliphatic carbocycles. The summed E-state index contributed by atoms with van der Waals surface area (Å²) in [4.78, 5) is 32.0. The molecule has 2 heterocycles. The van der Waals surface area contributed by atoms with Gasteiger partial charge in [0.2, 0.25) is 11.8 Å². The average molecular weight is 437 g/mol. The van der Waals surface area contributed by atoms with Crippen molar-refractivity contribution >= 4 is 12.0 Å². The summed E-state index contributed by atoms with van der Waals surface area (Å²) in [5, 5.41) is 2.71. The van der Waals surface area contributed by atoms with Crippen LogP contribution in [0.15, 0.2) is 72.6 Å². The molecular weight excluding hydrogens is 410 g/mol. The maximum absolute atomic E-state index is 12.4. The van der Waals surface area contributed by atoms with Gasteiger partial charge in [0.1, 0.15) is 12.2 Å². The minimum atomic E-state index is -0.587. The molecule has 2 aliphatic heterocycles. The van der Waals surface area contributed by atoms with Gasteiger partial charge in [-0.3, -0.25) is 9.63 Å². The van der Waals surface area contributed by atoms with Gasteiger partial charge in [-0.15, -0.1) is 0 Å². The third kappa shape index (κ3) is 5.87. The number of piperidine rings is 1. The number of benzene rings is 2. The lowest BCUT2D eigenvalue weighted by Crippen LogP contribution is -2.47. The molecule has 1 fully saturated rings. The van der Waals surface area contributed by atoms with Crippen LogP contribution in [0.5, 0.6) is 0 Å². The molecule has 1 spiro atoms. The Labute approximate surface area is 187 Å². The van der Waals surface area contributed by atoms with E-state index in [1.165, 1.54) is 0 Å². The average Bonchev–Trinajstić information content (AvgIpc) is 3.21. The van der Waals surface area contributed by atoms with Crippen molar-refractivity contribution in [3.8, 4) is 0 Å². The highest BCUT2D eigenvalue weighted by Crippen LogP contribution is 2.32. The van der Waals surface area contributed by atoms with E-state index in [0.29, 0.717) is 39.1 Å². The van der Waals surface area contributed by atoms with Crippen molar-refractivity contribution in [1.82, 2.24) is 15.7 Å². The lowest BCUT2D eigenvalue weighted by molar-refractivity contribution is -0.142. The number of hydrogen-bond donors (Lipinski definition) is 2. The van der Waals surface area contributed by atoms with E-state index in [0.717, 1.165) is 11.1 Å². The molecule has 2 N–H and O–H groups in total. The molecule has 4 rings (SSSR count). The zero-order valence-corrected chi connectivity index (χ0v) is 17.8. The quantitative estimate of drug-likeness (QED) is 0.693. The SMILES string of the molecule is O=C(NCc1ccccc1)OC1=CC2(CCN(C(=O)COCc3ccccc3)CC2)ON1. The second-order valence-electron chi connectivity index (χ2n) is 7.87. The molecule has 0 atom stereocenters. The van der Waals surface area contributed by atoms with Crippen LogP contribution in [-0.4, -0.2) is 42.2 Å². The van der Waals surface area contributed by atoms with Gasteiger partial charge in [0, 0.05) is 38.6 Å². The molecule has 0 unspecified atom stereocenters. The van der Waals surface area contributed by atoms with Crippen molar-refractivity contribution in [2.45, 2.75) is 31.6 Å². The van der Waals surface area contributed by atoms with Crippen molar-refractivity contribution in [2.75, 3.05) is 19.7 Å².